The number of piperidine rings is 2. The number of hydrogen-bond donors (Lipinski definition) is 1. The van der Waals surface area contributed by atoms with Gasteiger partial charge in [-0.15, -0.1) is 6.42 Å². The Bertz CT molecular complexity index is 421. The van der Waals surface area contributed by atoms with Gasteiger partial charge in [0.05, 0.1) is 12.6 Å². The highest BCUT2D eigenvalue weighted by molar-refractivity contribution is 5.82. The molecular formula is C19H33N3O. The molecule has 0 aromatic heterocycles. The van der Waals surface area contributed by atoms with Crippen molar-refractivity contribution in [2.24, 2.45) is 11.8 Å². The van der Waals surface area contributed by atoms with E-state index in [0.29, 0.717) is 6.54 Å². The Balaban J connectivity index is 1.82. The van der Waals surface area contributed by atoms with E-state index in [1.165, 1.54) is 6.42 Å². The zero-order valence-corrected chi connectivity index (χ0v) is 15.1. The van der Waals surface area contributed by atoms with Crippen LogP contribution in [0.5, 0.6) is 0 Å². The molecule has 4 heteroatoms. The Labute approximate surface area is 142 Å². The summed E-state index contributed by atoms with van der Waals surface area (Å²) in [6.45, 7) is 11.5. The van der Waals surface area contributed by atoms with E-state index in [9.17, 15) is 4.79 Å². The maximum atomic E-state index is 12.6. The molecule has 2 rings (SSSR count). The molecule has 0 aromatic rings. The highest BCUT2D eigenvalue weighted by Gasteiger charge is 2.29. The molecule has 0 saturated carbocycles. The monoisotopic (exact) mass is 319 g/mol. The van der Waals surface area contributed by atoms with E-state index >= 15 is 0 Å². The van der Waals surface area contributed by atoms with Gasteiger partial charge in [-0.25, -0.2) is 0 Å². The highest BCUT2D eigenvalue weighted by Crippen LogP contribution is 2.21. The number of nitrogens with zero attached hydrogens (tertiary/aromatic N) is 2. The number of amides is 1. The predicted molar refractivity (Wildman–Crippen MR) is 95.0 cm³/mol. The third-order valence-electron chi connectivity index (χ3n) is 5.08. The molecule has 0 radical (unpaired) electrons. The van der Waals surface area contributed by atoms with E-state index in [0.717, 1.165) is 57.3 Å². The Morgan fingerprint density at radius 3 is 2.65 bits per heavy atom. The zero-order valence-electron chi connectivity index (χ0n) is 15.1. The molecule has 2 aliphatic heterocycles. The smallest absolute Gasteiger partial charge is 0.237 e. The second-order valence-corrected chi connectivity index (χ2v) is 7.76. The lowest BCUT2D eigenvalue weighted by atomic mass is 9.91. The topological polar surface area (TPSA) is 35.6 Å². The Kier molecular flexibility index (Phi) is 6.92. The maximum absolute atomic E-state index is 12.6. The summed E-state index contributed by atoms with van der Waals surface area (Å²) in [6.07, 6.45) is 9.95. The van der Waals surface area contributed by atoms with Crippen molar-refractivity contribution in [3.05, 3.63) is 0 Å². The van der Waals surface area contributed by atoms with Crippen LogP contribution in [0.2, 0.25) is 0 Å². The van der Waals surface area contributed by atoms with Gasteiger partial charge in [-0.05, 0) is 44.6 Å². The molecule has 0 aliphatic carbocycles. The normalized spacial score (nSPS) is 31.3. The van der Waals surface area contributed by atoms with Gasteiger partial charge in [-0.3, -0.25) is 9.69 Å². The summed E-state index contributed by atoms with van der Waals surface area (Å²) in [5.74, 6) is 4.36. The fraction of sp³-hybridized carbons (Fsp3) is 0.842. The van der Waals surface area contributed by atoms with Crippen molar-refractivity contribution in [2.75, 3.05) is 32.7 Å². The molecule has 2 fully saturated rings. The lowest BCUT2D eigenvalue weighted by Gasteiger charge is -2.37. The molecule has 2 heterocycles. The average molecular weight is 319 g/mol. The van der Waals surface area contributed by atoms with Crippen molar-refractivity contribution in [3.63, 3.8) is 0 Å². The lowest BCUT2D eigenvalue weighted by molar-refractivity contribution is -0.128. The Morgan fingerprint density at radius 1 is 1.30 bits per heavy atom. The molecule has 2 aliphatic rings. The minimum atomic E-state index is -0.0403. The SMILES string of the molecule is C#CCN1CCCCC1C(=O)NC(C)CN1CC(C)CC(C)C1. The lowest BCUT2D eigenvalue weighted by Crippen LogP contribution is -2.53. The quantitative estimate of drug-likeness (QED) is 0.787. The van der Waals surface area contributed by atoms with Gasteiger partial charge in [-0.1, -0.05) is 26.2 Å². The van der Waals surface area contributed by atoms with Gasteiger partial charge in [0.1, 0.15) is 0 Å². The summed E-state index contributed by atoms with van der Waals surface area (Å²) < 4.78 is 0. The van der Waals surface area contributed by atoms with E-state index in [2.05, 4.69) is 41.8 Å². The highest BCUT2D eigenvalue weighted by atomic mass is 16.2. The minimum absolute atomic E-state index is 0.0403. The molecule has 1 amide bonds. The number of likely N-dealkylation sites (tertiary alicyclic amines) is 2. The van der Waals surface area contributed by atoms with Crippen molar-refractivity contribution < 1.29 is 4.79 Å². The van der Waals surface area contributed by atoms with Crippen LogP contribution in [-0.4, -0.2) is 60.5 Å². The summed E-state index contributed by atoms with van der Waals surface area (Å²) in [5, 5.41) is 3.22. The Morgan fingerprint density at radius 2 is 2.00 bits per heavy atom. The van der Waals surface area contributed by atoms with E-state index in [1.807, 2.05) is 0 Å². The Hall–Kier alpha value is -1.05. The number of carbonyl (C=O) groups excluding carboxylic acids is 1. The van der Waals surface area contributed by atoms with Crippen molar-refractivity contribution in [1.82, 2.24) is 15.1 Å². The van der Waals surface area contributed by atoms with Gasteiger partial charge in [0, 0.05) is 25.7 Å². The largest absolute Gasteiger partial charge is 0.351 e. The van der Waals surface area contributed by atoms with Gasteiger partial charge in [0.15, 0.2) is 0 Å². The molecule has 2 saturated heterocycles. The summed E-state index contributed by atoms with van der Waals surface area (Å²) in [7, 11) is 0. The van der Waals surface area contributed by atoms with Crippen LogP contribution in [0.25, 0.3) is 0 Å². The number of hydrogen-bond acceptors (Lipinski definition) is 3. The van der Waals surface area contributed by atoms with Crippen LogP contribution in [0.15, 0.2) is 0 Å². The van der Waals surface area contributed by atoms with Crippen LogP contribution in [0.1, 0.15) is 46.5 Å². The van der Waals surface area contributed by atoms with Crippen LogP contribution < -0.4 is 5.32 Å². The third-order valence-corrected chi connectivity index (χ3v) is 5.08. The van der Waals surface area contributed by atoms with Gasteiger partial charge in [-0.2, -0.15) is 0 Å². The van der Waals surface area contributed by atoms with Crippen LogP contribution in [0.3, 0.4) is 0 Å². The maximum Gasteiger partial charge on any atom is 0.237 e. The molecule has 4 atom stereocenters. The van der Waals surface area contributed by atoms with Gasteiger partial charge in [0.2, 0.25) is 5.91 Å². The van der Waals surface area contributed by atoms with Gasteiger partial charge >= 0.3 is 0 Å². The fourth-order valence-corrected chi connectivity index (χ4v) is 4.31. The first-order chi connectivity index (χ1) is 11.0. The third kappa shape index (κ3) is 5.51. The number of carbonyl (C=O) groups is 1. The summed E-state index contributed by atoms with van der Waals surface area (Å²) in [6, 6.07) is 0.149. The zero-order chi connectivity index (χ0) is 16.8. The van der Waals surface area contributed by atoms with Crippen LogP contribution in [0, 0.1) is 24.2 Å². The minimum Gasteiger partial charge on any atom is -0.351 e. The molecule has 23 heavy (non-hydrogen) atoms. The molecule has 130 valence electrons. The van der Waals surface area contributed by atoms with Crippen molar-refractivity contribution in [2.45, 2.75) is 58.5 Å². The van der Waals surface area contributed by atoms with Crippen LogP contribution >= 0.6 is 0 Å². The molecule has 0 aromatic carbocycles. The first-order valence-corrected chi connectivity index (χ1v) is 9.19. The standard InChI is InChI=1S/C19H33N3O/c1-5-9-22-10-7-6-8-18(22)19(23)20-17(4)14-21-12-15(2)11-16(3)13-21/h1,15-18H,6-14H2,2-4H3,(H,20,23). The van der Waals surface area contributed by atoms with Crippen LogP contribution in [0.4, 0.5) is 0 Å². The van der Waals surface area contributed by atoms with Gasteiger partial charge in [0.25, 0.3) is 0 Å². The molecule has 0 bridgehead atoms. The predicted octanol–water partition coefficient (Wildman–Crippen LogP) is 1.96. The van der Waals surface area contributed by atoms with Crippen molar-refractivity contribution >= 4 is 5.91 Å². The molecule has 4 unspecified atom stereocenters. The van der Waals surface area contributed by atoms with E-state index < -0.39 is 0 Å². The molecule has 1 N–H and O–H groups in total. The van der Waals surface area contributed by atoms with Crippen molar-refractivity contribution in [1.29, 1.82) is 0 Å². The van der Waals surface area contributed by atoms with E-state index in [1.54, 1.807) is 0 Å². The average Bonchev–Trinajstić information content (AvgIpc) is 2.46. The van der Waals surface area contributed by atoms with E-state index in [-0.39, 0.29) is 18.0 Å². The summed E-state index contributed by atoms with van der Waals surface area (Å²) >= 11 is 0. The number of rotatable bonds is 5. The van der Waals surface area contributed by atoms with Gasteiger partial charge < -0.3 is 10.2 Å². The molecule has 4 nitrogen and oxygen atoms in total. The summed E-state index contributed by atoms with van der Waals surface area (Å²) in [4.78, 5) is 17.3. The first-order valence-electron chi connectivity index (χ1n) is 9.19. The number of terminal acetylenes is 1. The first kappa shape index (κ1) is 18.3. The molecule has 0 spiro atoms. The summed E-state index contributed by atoms with van der Waals surface area (Å²) in [5.41, 5.74) is 0. The second kappa shape index (κ2) is 8.70. The van der Waals surface area contributed by atoms with E-state index in [4.69, 9.17) is 6.42 Å². The fourth-order valence-electron chi connectivity index (χ4n) is 4.31. The number of nitrogens with one attached hydrogen (secondary N) is 1. The molecular weight excluding hydrogens is 286 g/mol. The second-order valence-electron chi connectivity index (χ2n) is 7.76. The van der Waals surface area contributed by atoms with Crippen LogP contribution in [-0.2, 0) is 4.79 Å². The van der Waals surface area contributed by atoms with Crippen molar-refractivity contribution in [3.8, 4) is 12.3 Å².